The molecule has 12 rings (SSSR count). The summed E-state index contributed by atoms with van der Waals surface area (Å²) in [5.74, 6) is -1.00. The molecule has 1 amide bonds. The van der Waals surface area contributed by atoms with Crippen molar-refractivity contribution in [2.24, 2.45) is 0 Å². The molecule has 1 aliphatic carbocycles. The Balaban J connectivity index is 0.773. The normalized spacial score (nSPS) is 17.1. The highest BCUT2D eigenvalue weighted by Gasteiger charge is 2.42. The number of benzene rings is 5. The Morgan fingerprint density at radius 3 is 1.90 bits per heavy atom. The molecule has 2 fully saturated rings. The van der Waals surface area contributed by atoms with Crippen LogP contribution in [0.5, 0.6) is 0 Å². The van der Waals surface area contributed by atoms with Crippen molar-refractivity contribution in [1.82, 2.24) is 9.47 Å². The highest BCUT2D eigenvalue weighted by molar-refractivity contribution is 8.30. The number of anilines is 2. The van der Waals surface area contributed by atoms with Gasteiger partial charge in [-0.1, -0.05) is 169 Å². The van der Waals surface area contributed by atoms with Gasteiger partial charge >= 0.3 is 5.97 Å². The van der Waals surface area contributed by atoms with E-state index in [1.807, 2.05) is 23.5 Å². The second-order valence-corrected chi connectivity index (χ2v) is 28.8. The lowest BCUT2D eigenvalue weighted by atomic mass is 9.79. The molecule has 6 heterocycles. The fraction of sp³-hybridized carbons (Fsp3) is 0.224. The van der Waals surface area contributed by atoms with Crippen molar-refractivity contribution >= 4 is 120 Å². The lowest BCUT2D eigenvalue weighted by Crippen LogP contribution is -2.35. The average molecular weight is 1160 g/mol. The van der Waals surface area contributed by atoms with Gasteiger partial charge in [-0.25, -0.2) is 0 Å². The molecule has 13 heteroatoms. The van der Waals surface area contributed by atoms with Crippen molar-refractivity contribution in [2.45, 2.75) is 96.7 Å². The number of carboxylic acid groups (broad SMARTS) is 1. The number of rotatable bonds is 12. The Labute approximate surface area is 492 Å². The van der Waals surface area contributed by atoms with Crippen molar-refractivity contribution in [3.05, 3.63) is 221 Å². The fourth-order valence-corrected chi connectivity index (χ4v) is 16.9. The highest BCUT2D eigenvalue weighted by atomic mass is 32.2. The van der Waals surface area contributed by atoms with Gasteiger partial charge in [-0.05, 0) is 147 Å². The van der Waals surface area contributed by atoms with Crippen molar-refractivity contribution < 1.29 is 14.7 Å². The first-order valence-corrected chi connectivity index (χ1v) is 31.4. The molecule has 2 aliphatic heterocycles. The van der Waals surface area contributed by atoms with Crippen LogP contribution in [0.3, 0.4) is 0 Å². The molecule has 3 aliphatic rings. The van der Waals surface area contributed by atoms with Crippen LogP contribution in [0.1, 0.15) is 111 Å². The predicted molar refractivity (Wildman–Crippen MR) is 342 cm³/mol. The Bertz CT molecular complexity index is 4040. The number of fused-ring (bicyclic) bond motifs is 3. The molecule has 2 atom stereocenters. The van der Waals surface area contributed by atoms with Gasteiger partial charge in [-0.15, -0.1) is 45.3 Å². The van der Waals surface area contributed by atoms with Crippen LogP contribution in [0.15, 0.2) is 163 Å². The minimum atomic E-state index is -1.17. The molecule has 80 heavy (non-hydrogen) atoms. The summed E-state index contributed by atoms with van der Waals surface area (Å²) in [6, 6.07) is 57.3. The number of aromatic nitrogens is 1. The predicted octanol–water partition coefficient (Wildman–Crippen LogP) is 16.1. The number of hydrogen-bond acceptors (Lipinski definition) is 10. The SMILES string of the molecule is CC(C)(C)c1cc(CN2C(=O)/C(=c3/s/c(=C\c4ccc(-c5ccc(-c6ccc(-c7ccc8c(c7)C7CCCC7N8c7ccc(C=C(c8ccccc8)c8ccccc8)cc7)s6)s5)s4)c(=O)n3CC(=O)O)SC2=S)cc(C(C)(C)C)c1. The summed E-state index contributed by atoms with van der Waals surface area (Å²) >= 11 is 13.2. The maximum absolute atomic E-state index is 14.3. The Kier molecular flexibility index (Phi) is 14.6. The molecule has 1 N–H and O–H groups in total. The standard InChI is InChI=1S/C67H59N3O4S6/c1-66(2,3)45-32-41(33-46(36-45)67(4,5)6)38-69-63(74)61(80-65(69)75)64-68(39-60(71)72)62(73)59(79-64)37-48-25-27-55(76-48)56-30-31-58(78-56)57-29-28-54(77-57)44-22-26-53-51(35-44)49-18-13-19-52(49)70(53)47-23-20-40(21-24-47)34-50(42-14-9-7-10-15-42)43-16-11-8-12-17-43/h7-12,14-17,20-37,49,52H,13,18-19,38-39H2,1-6H3,(H,71,72)/b59-37-,64-61-. The van der Waals surface area contributed by atoms with Crippen LogP contribution in [0, 0.1) is 0 Å². The lowest BCUT2D eigenvalue weighted by molar-refractivity contribution is -0.137. The molecule has 0 bridgehead atoms. The summed E-state index contributed by atoms with van der Waals surface area (Å²) in [5, 5.41) is 9.95. The van der Waals surface area contributed by atoms with Gasteiger partial charge < -0.3 is 10.0 Å². The maximum Gasteiger partial charge on any atom is 0.323 e. The van der Waals surface area contributed by atoms with E-state index >= 15 is 0 Å². The maximum atomic E-state index is 14.3. The van der Waals surface area contributed by atoms with Gasteiger partial charge in [0.2, 0.25) is 0 Å². The zero-order valence-corrected chi connectivity index (χ0v) is 50.2. The van der Waals surface area contributed by atoms with E-state index in [-0.39, 0.29) is 28.2 Å². The molecule has 5 aromatic carbocycles. The number of carbonyl (C=O) groups is 2. The van der Waals surface area contributed by atoms with E-state index in [4.69, 9.17) is 12.2 Å². The first-order valence-electron chi connectivity index (χ1n) is 27.0. The van der Waals surface area contributed by atoms with Gasteiger partial charge in [-0.2, -0.15) is 0 Å². The second-order valence-electron chi connectivity index (χ2n) is 22.9. The molecule has 0 radical (unpaired) electrons. The smallest absolute Gasteiger partial charge is 0.323 e. The van der Waals surface area contributed by atoms with Crippen LogP contribution < -0.4 is 19.7 Å². The first kappa shape index (κ1) is 53.9. The molecule has 0 spiro atoms. The van der Waals surface area contributed by atoms with E-state index in [1.54, 1.807) is 27.6 Å². The Morgan fingerprint density at radius 1 is 0.675 bits per heavy atom. The zero-order valence-electron chi connectivity index (χ0n) is 45.3. The molecular formula is C67H59N3O4S6. The van der Waals surface area contributed by atoms with Crippen LogP contribution in [0.2, 0.25) is 0 Å². The molecule has 1 saturated heterocycles. The first-order chi connectivity index (χ1) is 38.4. The number of amides is 1. The lowest BCUT2D eigenvalue weighted by Gasteiger charge is -2.27. The third-order valence-corrected chi connectivity index (χ3v) is 21.7. The fourth-order valence-electron chi connectivity index (χ4n) is 11.2. The minimum absolute atomic E-state index is 0.110. The molecular weight excluding hydrogens is 1100 g/mol. The summed E-state index contributed by atoms with van der Waals surface area (Å²) in [5.41, 5.74) is 12.7. The number of thioether (sulfide) groups is 1. The van der Waals surface area contributed by atoms with Crippen molar-refractivity contribution in [3.8, 4) is 29.9 Å². The third-order valence-electron chi connectivity index (χ3n) is 15.3. The number of thiocarbonyl (C=S) groups is 1. The van der Waals surface area contributed by atoms with E-state index in [1.165, 1.54) is 94.4 Å². The van der Waals surface area contributed by atoms with E-state index in [0.717, 1.165) is 43.3 Å². The highest BCUT2D eigenvalue weighted by Crippen LogP contribution is 2.54. The summed E-state index contributed by atoms with van der Waals surface area (Å²) in [7, 11) is 0. The number of nitrogens with zero attached hydrogens (tertiary/aromatic N) is 3. The molecule has 4 aromatic heterocycles. The molecule has 7 nitrogen and oxygen atoms in total. The van der Waals surface area contributed by atoms with Crippen molar-refractivity contribution in [3.63, 3.8) is 0 Å². The van der Waals surface area contributed by atoms with Crippen LogP contribution in [0.4, 0.5) is 11.4 Å². The molecule has 2 unspecified atom stereocenters. The summed E-state index contributed by atoms with van der Waals surface area (Å²) < 4.78 is 2.23. The van der Waals surface area contributed by atoms with Crippen LogP contribution >= 0.6 is 69.3 Å². The van der Waals surface area contributed by atoms with Gasteiger partial charge in [0, 0.05) is 52.6 Å². The van der Waals surface area contributed by atoms with Crippen molar-refractivity contribution in [1.29, 1.82) is 0 Å². The van der Waals surface area contributed by atoms with Gasteiger partial charge in [0.05, 0.1) is 11.1 Å². The minimum Gasteiger partial charge on any atom is -0.480 e. The van der Waals surface area contributed by atoms with Gasteiger partial charge in [-0.3, -0.25) is 23.9 Å². The monoisotopic (exact) mass is 1160 g/mol. The van der Waals surface area contributed by atoms with E-state index in [2.05, 4.69) is 204 Å². The average Bonchev–Trinajstić information content (AvgIpc) is 4.34. The largest absolute Gasteiger partial charge is 0.480 e. The molecule has 9 aromatic rings. The Morgan fingerprint density at radius 2 is 1.27 bits per heavy atom. The number of carbonyl (C=O) groups excluding carboxylic acids is 1. The van der Waals surface area contributed by atoms with E-state index in [0.29, 0.717) is 25.5 Å². The summed E-state index contributed by atoms with van der Waals surface area (Å²) in [6.07, 6.45) is 7.72. The van der Waals surface area contributed by atoms with Crippen LogP contribution in [-0.2, 0) is 33.5 Å². The van der Waals surface area contributed by atoms with Crippen LogP contribution in [-0.4, -0.2) is 36.8 Å². The van der Waals surface area contributed by atoms with Crippen molar-refractivity contribution in [2.75, 3.05) is 4.90 Å². The number of aliphatic carboxylic acids is 1. The van der Waals surface area contributed by atoms with Gasteiger partial charge in [0.25, 0.3) is 11.5 Å². The summed E-state index contributed by atoms with van der Waals surface area (Å²) in [4.78, 5) is 51.6. The quantitative estimate of drug-likeness (QED) is 0.0964. The van der Waals surface area contributed by atoms with Crippen LogP contribution in [0.25, 0.3) is 52.6 Å². The van der Waals surface area contributed by atoms with E-state index < -0.39 is 18.1 Å². The Hall–Kier alpha value is -6.71. The summed E-state index contributed by atoms with van der Waals surface area (Å²) in [6.45, 7) is 12.7. The molecule has 402 valence electrons. The number of thiazole rings is 1. The number of carboxylic acids is 1. The second kappa shape index (κ2) is 21.6. The van der Waals surface area contributed by atoms with Gasteiger partial charge in [0.1, 0.15) is 20.4 Å². The number of thiophene rings is 3. The third kappa shape index (κ3) is 10.7. The topological polar surface area (TPSA) is 82.9 Å². The van der Waals surface area contributed by atoms with E-state index in [9.17, 15) is 19.5 Å². The zero-order chi connectivity index (χ0) is 55.6. The molecule has 1 saturated carbocycles. The number of hydrogen-bond donors (Lipinski definition) is 1. The van der Waals surface area contributed by atoms with Gasteiger partial charge in [0.15, 0.2) is 0 Å².